The summed E-state index contributed by atoms with van der Waals surface area (Å²) in [6.07, 6.45) is 5.34. The molecule has 2 aromatic rings. The molecule has 1 unspecified atom stereocenters. The van der Waals surface area contributed by atoms with Crippen molar-refractivity contribution < 1.29 is 4.79 Å². The van der Waals surface area contributed by atoms with Crippen molar-refractivity contribution >= 4 is 17.6 Å². The van der Waals surface area contributed by atoms with Gasteiger partial charge in [0.2, 0.25) is 0 Å². The Balaban J connectivity index is 2.00. The molecule has 1 aliphatic carbocycles. The monoisotopic (exact) mass is 246 g/mol. The molecule has 0 N–H and O–H groups in total. The van der Waals surface area contributed by atoms with E-state index in [1.807, 2.05) is 27.7 Å². The highest BCUT2D eigenvalue weighted by atomic mass is 32.1. The van der Waals surface area contributed by atoms with Crippen LogP contribution in [-0.2, 0) is 0 Å². The predicted octanol–water partition coefficient (Wildman–Crippen LogP) is 3.40. The van der Waals surface area contributed by atoms with Gasteiger partial charge in [-0.3, -0.25) is 9.48 Å². The number of hydrogen-bond donors (Lipinski definition) is 0. The Bertz CT molecular complexity index is 526. The highest BCUT2D eigenvalue weighted by Crippen LogP contribution is 2.39. The van der Waals surface area contributed by atoms with E-state index >= 15 is 0 Å². The molecule has 17 heavy (non-hydrogen) atoms. The highest BCUT2D eigenvalue weighted by molar-refractivity contribution is 7.08. The molecule has 1 atom stereocenters. The van der Waals surface area contributed by atoms with Crippen LogP contribution < -0.4 is 0 Å². The smallest absolute Gasteiger partial charge is 0.153 e. The van der Waals surface area contributed by atoms with Crippen LogP contribution in [0.1, 0.15) is 36.2 Å². The van der Waals surface area contributed by atoms with Crippen LogP contribution in [0.4, 0.5) is 0 Å². The number of nitrogens with zero attached hydrogens (tertiary/aromatic N) is 2. The van der Waals surface area contributed by atoms with Crippen molar-refractivity contribution in [1.29, 1.82) is 0 Å². The van der Waals surface area contributed by atoms with Crippen LogP contribution in [0.25, 0.3) is 11.3 Å². The third-order valence-electron chi connectivity index (χ3n) is 3.40. The summed E-state index contributed by atoms with van der Waals surface area (Å²) in [6, 6.07) is 2.41. The van der Waals surface area contributed by atoms with Crippen molar-refractivity contribution in [2.75, 3.05) is 0 Å². The normalized spacial score (nSPS) is 17.0. The fourth-order valence-electron chi connectivity index (χ4n) is 2.12. The van der Waals surface area contributed by atoms with Gasteiger partial charge < -0.3 is 0 Å². The SMILES string of the molecule is CC(C1CC1)n1cc(C=O)c(-c2ccsc2)n1. The molecule has 0 radical (unpaired) electrons. The molecule has 88 valence electrons. The molecule has 4 heteroatoms. The third kappa shape index (κ3) is 1.93. The minimum Gasteiger partial charge on any atom is -0.298 e. The summed E-state index contributed by atoms with van der Waals surface area (Å²) in [7, 11) is 0. The van der Waals surface area contributed by atoms with E-state index in [1.165, 1.54) is 12.8 Å². The molecule has 0 aromatic carbocycles. The van der Waals surface area contributed by atoms with Gasteiger partial charge in [-0.1, -0.05) is 0 Å². The molecule has 2 aromatic heterocycles. The van der Waals surface area contributed by atoms with Crippen molar-refractivity contribution in [2.24, 2.45) is 5.92 Å². The molecule has 3 nitrogen and oxygen atoms in total. The van der Waals surface area contributed by atoms with Crippen molar-refractivity contribution in [2.45, 2.75) is 25.8 Å². The van der Waals surface area contributed by atoms with E-state index in [0.717, 1.165) is 23.5 Å². The zero-order valence-corrected chi connectivity index (χ0v) is 10.5. The van der Waals surface area contributed by atoms with Crippen molar-refractivity contribution in [3.05, 3.63) is 28.6 Å². The van der Waals surface area contributed by atoms with Gasteiger partial charge in [-0.25, -0.2) is 0 Å². The Kier molecular flexibility index (Phi) is 2.59. The summed E-state index contributed by atoms with van der Waals surface area (Å²) >= 11 is 1.62. The number of aromatic nitrogens is 2. The first-order valence-electron chi connectivity index (χ1n) is 5.86. The molecule has 0 aliphatic heterocycles. The van der Waals surface area contributed by atoms with Crippen LogP contribution in [0.15, 0.2) is 23.0 Å². The van der Waals surface area contributed by atoms with Crippen LogP contribution in [0.3, 0.4) is 0 Å². The van der Waals surface area contributed by atoms with Gasteiger partial charge in [0.25, 0.3) is 0 Å². The number of rotatable bonds is 4. The summed E-state index contributed by atoms with van der Waals surface area (Å²) in [5.41, 5.74) is 2.54. The van der Waals surface area contributed by atoms with E-state index in [-0.39, 0.29) is 0 Å². The third-order valence-corrected chi connectivity index (χ3v) is 4.09. The van der Waals surface area contributed by atoms with Crippen LogP contribution in [-0.4, -0.2) is 16.1 Å². The summed E-state index contributed by atoms with van der Waals surface area (Å²) in [6.45, 7) is 2.18. The molecular formula is C13H14N2OS. The molecule has 0 spiro atoms. The van der Waals surface area contributed by atoms with Gasteiger partial charge in [0.05, 0.1) is 11.6 Å². The highest BCUT2D eigenvalue weighted by Gasteiger charge is 2.30. The second-order valence-electron chi connectivity index (χ2n) is 4.62. The van der Waals surface area contributed by atoms with Gasteiger partial charge in [0.1, 0.15) is 5.69 Å². The average molecular weight is 246 g/mol. The fourth-order valence-corrected chi connectivity index (χ4v) is 2.76. The molecule has 0 bridgehead atoms. The van der Waals surface area contributed by atoms with E-state index < -0.39 is 0 Å². The number of carbonyl (C=O) groups is 1. The minimum absolute atomic E-state index is 0.404. The maximum absolute atomic E-state index is 11.1. The lowest BCUT2D eigenvalue weighted by Crippen LogP contribution is -2.07. The summed E-state index contributed by atoms with van der Waals surface area (Å²) in [5, 5.41) is 8.61. The molecule has 0 amide bonds. The van der Waals surface area contributed by atoms with E-state index in [9.17, 15) is 4.79 Å². The Morgan fingerprint density at radius 1 is 1.59 bits per heavy atom. The first kappa shape index (κ1) is 10.7. The van der Waals surface area contributed by atoms with Gasteiger partial charge in [0, 0.05) is 17.1 Å². The number of aldehydes is 1. The maximum Gasteiger partial charge on any atom is 0.153 e. The standard InChI is InChI=1S/C13H14N2OS/c1-9(10-2-3-10)15-6-12(7-16)13(14-15)11-4-5-17-8-11/h4-10H,2-3H2,1H3. The lowest BCUT2D eigenvalue weighted by atomic mass is 10.2. The Hall–Kier alpha value is -1.42. The molecule has 3 rings (SSSR count). The lowest BCUT2D eigenvalue weighted by Gasteiger charge is -2.09. The van der Waals surface area contributed by atoms with E-state index in [2.05, 4.69) is 12.0 Å². The van der Waals surface area contributed by atoms with Gasteiger partial charge in [-0.2, -0.15) is 16.4 Å². The van der Waals surface area contributed by atoms with Crippen molar-refractivity contribution in [1.82, 2.24) is 9.78 Å². The quantitative estimate of drug-likeness (QED) is 0.775. The summed E-state index contributed by atoms with van der Waals surface area (Å²) < 4.78 is 1.95. The van der Waals surface area contributed by atoms with Gasteiger partial charge in [-0.05, 0) is 37.1 Å². The van der Waals surface area contributed by atoms with Crippen LogP contribution in [0.5, 0.6) is 0 Å². The Labute approximate surface area is 104 Å². The Morgan fingerprint density at radius 3 is 3.00 bits per heavy atom. The first-order valence-corrected chi connectivity index (χ1v) is 6.81. The van der Waals surface area contributed by atoms with Crippen molar-refractivity contribution in [3.8, 4) is 11.3 Å². The molecular weight excluding hydrogens is 232 g/mol. The van der Waals surface area contributed by atoms with Gasteiger partial charge in [0.15, 0.2) is 6.29 Å². The molecule has 0 saturated heterocycles. The number of carbonyl (C=O) groups excluding carboxylic acids is 1. The second-order valence-corrected chi connectivity index (χ2v) is 5.40. The zero-order valence-electron chi connectivity index (χ0n) is 9.67. The van der Waals surface area contributed by atoms with Crippen LogP contribution in [0, 0.1) is 5.92 Å². The fraction of sp³-hybridized carbons (Fsp3) is 0.385. The molecule has 1 aliphatic rings. The topological polar surface area (TPSA) is 34.9 Å². The van der Waals surface area contributed by atoms with Crippen LogP contribution in [0.2, 0.25) is 0 Å². The minimum atomic E-state index is 0.404. The Morgan fingerprint density at radius 2 is 2.41 bits per heavy atom. The number of thiophene rings is 1. The van der Waals surface area contributed by atoms with E-state index in [1.54, 1.807) is 11.3 Å². The van der Waals surface area contributed by atoms with Gasteiger partial charge >= 0.3 is 0 Å². The second kappa shape index (κ2) is 4.11. The van der Waals surface area contributed by atoms with Crippen LogP contribution >= 0.6 is 11.3 Å². The van der Waals surface area contributed by atoms with E-state index in [0.29, 0.717) is 11.6 Å². The predicted molar refractivity (Wildman–Crippen MR) is 68.4 cm³/mol. The summed E-state index contributed by atoms with van der Waals surface area (Å²) in [4.78, 5) is 11.1. The zero-order chi connectivity index (χ0) is 11.8. The number of hydrogen-bond acceptors (Lipinski definition) is 3. The van der Waals surface area contributed by atoms with Crippen molar-refractivity contribution in [3.63, 3.8) is 0 Å². The molecule has 1 fully saturated rings. The summed E-state index contributed by atoms with van der Waals surface area (Å²) in [5.74, 6) is 0.740. The molecule has 2 heterocycles. The largest absolute Gasteiger partial charge is 0.298 e. The molecule has 1 saturated carbocycles. The lowest BCUT2D eigenvalue weighted by molar-refractivity contribution is 0.112. The maximum atomic E-state index is 11.1. The average Bonchev–Trinajstić information content (AvgIpc) is 2.90. The van der Waals surface area contributed by atoms with E-state index in [4.69, 9.17) is 0 Å². The van der Waals surface area contributed by atoms with Gasteiger partial charge in [-0.15, -0.1) is 0 Å². The first-order chi connectivity index (χ1) is 8.29.